The molecule has 0 radical (unpaired) electrons. The zero-order valence-electron chi connectivity index (χ0n) is 9.34. The van der Waals surface area contributed by atoms with Crippen molar-refractivity contribution in [1.29, 1.82) is 0 Å². The predicted octanol–water partition coefficient (Wildman–Crippen LogP) is 2.02. The summed E-state index contributed by atoms with van der Waals surface area (Å²) in [6.45, 7) is 1.91. The van der Waals surface area contributed by atoms with Crippen molar-refractivity contribution in [3.8, 4) is 5.69 Å². The molecule has 0 saturated carbocycles. The van der Waals surface area contributed by atoms with Gasteiger partial charge in [-0.2, -0.15) is 0 Å². The minimum absolute atomic E-state index is 0.163. The molecule has 0 aliphatic carbocycles. The maximum atomic E-state index is 11.9. The van der Waals surface area contributed by atoms with Crippen molar-refractivity contribution in [2.75, 3.05) is 0 Å². The number of H-pyrrole nitrogens is 1. The van der Waals surface area contributed by atoms with E-state index in [4.69, 9.17) is 0 Å². The molecule has 84 valence electrons. The Labute approximate surface area is 97.6 Å². The lowest BCUT2D eigenvalue weighted by molar-refractivity contribution is 0.995. The summed E-state index contributed by atoms with van der Waals surface area (Å²) in [5.74, 6) is 0. The molecule has 0 aliphatic rings. The van der Waals surface area contributed by atoms with Crippen molar-refractivity contribution in [3.63, 3.8) is 0 Å². The number of nitrogens with zero attached hydrogens (tertiary/aromatic N) is 2. The zero-order chi connectivity index (χ0) is 11.8. The molecule has 2 heterocycles. The van der Waals surface area contributed by atoms with Crippen LogP contribution in [0.25, 0.3) is 16.9 Å². The van der Waals surface area contributed by atoms with Gasteiger partial charge in [0.15, 0.2) is 5.65 Å². The van der Waals surface area contributed by atoms with Crippen LogP contribution in [-0.4, -0.2) is 14.5 Å². The number of fused-ring (bicyclic) bond motifs is 1. The van der Waals surface area contributed by atoms with E-state index in [1.54, 1.807) is 4.57 Å². The van der Waals surface area contributed by atoms with Gasteiger partial charge in [0.05, 0.1) is 11.2 Å². The van der Waals surface area contributed by atoms with Gasteiger partial charge in [0.1, 0.15) is 0 Å². The Kier molecular flexibility index (Phi) is 2.08. The third-order valence-corrected chi connectivity index (χ3v) is 2.69. The van der Waals surface area contributed by atoms with Gasteiger partial charge >= 0.3 is 5.69 Å². The molecule has 2 aromatic heterocycles. The number of rotatable bonds is 1. The van der Waals surface area contributed by atoms with Crippen molar-refractivity contribution >= 4 is 11.2 Å². The van der Waals surface area contributed by atoms with Crippen LogP contribution >= 0.6 is 0 Å². The van der Waals surface area contributed by atoms with Gasteiger partial charge in [0, 0.05) is 5.69 Å². The van der Waals surface area contributed by atoms with Crippen LogP contribution in [-0.2, 0) is 0 Å². The van der Waals surface area contributed by atoms with Gasteiger partial charge < -0.3 is 4.98 Å². The van der Waals surface area contributed by atoms with Gasteiger partial charge in [-0.3, -0.25) is 0 Å². The number of hydrogen-bond donors (Lipinski definition) is 1. The fourth-order valence-corrected chi connectivity index (χ4v) is 1.89. The Bertz CT molecular complexity index is 725. The van der Waals surface area contributed by atoms with Crippen LogP contribution in [0.5, 0.6) is 0 Å². The largest absolute Gasteiger partial charge is 0.332 e. The SMILES string of the molecule is Cc1ccc2[nH]c(=O)n(-c3ccccc3)c2n1. The van der Waals surface area contributed by atoms with Crippen molar-refractivity contribution in [2.24, 2.45) is 0 Å². The van der Waals surface area contributed by atoms with Crippen LogP contribution in [0.2, 0.25) is 0 Å². The van der Waals surface area contributed by atoms with E-state index in [1.807, 2.05) is 49.4 Å². The number of aryl methyl sites for hydroxylation is 1. The maximum absolute atomic E-state index is 11.9. The summed E-state index contributed by atoms with van der Waals surface area (Å²) in [7, 11) is 0. The number of aromatic amines is 1. The van der Waals surface area contributed by atoms with E-state index in [0.717, 1.165) is 16.9 Å². The fourth-order valence-electron chi connectivity index (χ4n) is 1.89. The normalized spacial score (nSPS) is 10.9. The Balaban J connectivity index is 2.40. The highest BCUT2D eigenvalue weighted by molar-refractivity contribution is 5.73. The highest BCUT2D eigenvalue weighted by Crippen LogP contribution is 2.13. The lowest BCUT2D eigenvalue weighted by Crippen LogP contribution is -2.14. The lowest BCUT2D eigenvalue weighted by atomic mass is 10.3. The number of nitrogens with one attached hydrogen (secondary N) is 1. The summed E-state index contributed by atoms with van der Waals surface area (Å²) in [4.78, 5) is 19.1. The van der Waals surface area contributed by atoms with Crippen LogP contribution in [0.3, 0.4) is 0 Å². The first kappa shape index (κ1) is 9.84. The molecule has 0 atom stereocenters. The first-order valence-electron chi connectivity index (χ1n) is 5.39. The van der Waals surface area contributed by atoms with Gasteiger partial charge in [-0.25, -0.2) is 14.3 Å². The van der Waals surface area contributed by atoms with Gasteiger partial charge in [-0.1, -0.05) is 18.2 Å². The molecule has 1 aromatic carbocycles. The minimum Gasteiger partial charge on any atom is -0.304 e. The van der Waals surface area contributed by atoms with E-state index >= 15 is 0 Å². The molecule has 0 spiro atoms. The Morgan fingerprint density at radius 2 is 1.88 bits per heavy atom. The molecule has 0 aliphatic heterocycles. The first-order valence-corrected chi connectivity index (χ1v) is 5.39. The average Bonchev–Trinajstić information content (AvgIpc) is 2.65. The van der Waals surface area contributed by atoms with Crippen LogP contribution in [0.15, 0.2) is 47.3 Å². The zero-order valence-corrected chi connectivity index (χ0v) is 9.34. The lowest BCUT2D eigenvalue weighted by Gasteiger charge is -2.02. The molecule has 3 aromatic rings. The molecule has 0 unspecified atom stereocenters. The third-order valence-electron chi connectivity index (χ3n) is 2.69. The third kappa shape index (κ3) is 1.54. The quantitative estimate of drug-likeness (QED) is 0.688. The van der Waals surface area contributed by atoms with Crippen molar-refractivity contribution in [3.05, 3.63) is 58.6 Å². The molecule has 4 heteroatoms. The number of imidazole rings is 1. The van der Waals surface area contributed by atoms with E-state index in [0.29, 0.717) is 5.65 Å². The molecule has 0 bridgehead atoms. The molecular weight excluding hydrogens is 214 g/mol. The number of aromatic nitrogens is 3. The Hall–Kier alpha value is -2.36. The second kappa shape index (κ2) is 3.59. The summed E-state index contributed by atoms with van der Waals surface area (Å²) in [5, 5.41) is 0. The second-order valence-electron chi connectivity index (χ2n) is 3.92. The van der Waals surface area contributed by atoms with Crippen LogP contribution < -0.4 is 5.69 Å². The van der Waals surface area contributed by atoms with Gasteiger partial charge in [-0.05, 0) is 31.2 Å². The molecule has 1 N–H and O–H groups in total. The second-order valence-corrected chi connectivity index (χ2v) is 3.92. The van der Waals surface area contributed by atoms with Gasteiger partial charge in [0.2, 0.25) is 0 Å². The van der Waals surface area contributed by atoms with Crippen LogP contribution in [0.4, 0.5) is 0 Å². The standard InChI is InChI=1S/C13H11N3O/c1-9-7-8-11-12(14-9)16(13(17)15-11)10-5-3-2-4-6-10/h2-8H,1H3,(H,15,17). The van der Waals surface area contributed by atoms with Crippen molar-refractivity contribution in [1.82, 2.24) is 14.5 Å². The molecule has 0 amide bonds. The molecule has 17 heavy (non-hydrogen) atoms. The summed E-state index contributed by atoms with van der Waals surface area (Å²) in [6, 6.07) is 13.2. The van der Waals surface area contributed by atoms with Gasteiger partial charge in [-0.15, -0.1) is 0 Å². The van der Waals surface area contributed by atoms with Gasteiger partial charge in [0.25, 0.3) is 0 Å². The summed E-state index contributed by atoms with van der Waals surface area (Å²) < 4.78 is 1.59. The molecular formula is C13H11N3O. The average molecular weight is 225 g/mol. The van der Waals surface area contributed by atoms with E-state index in [1.165, 1.54) is 0 Å². The first-order chi connectivity index (χ1) is 8.25. The fraction of sp³-hybridized carbons (Fsp3) is 0.0769. The number of para-hydroxylation sites is 1. The summed E-state index contributed by atoms with van der Waals surface area (Å²) in [5.41, 5.74) is 2.97. The van der Waals surface area contributed by atoms with Crippen LogP contribution in [0, 0.1) is 6.92 Å². The van der Waals surface area contributed by atoms with E-state index < -0.39 is 0 Å². The van der Waals surface area contributed by atoms with Crippen molar-refractivity contribution in [2.45, 2.75) is 6.92 Å². The molecule has 3 rings (SSSR count). The molecule has 0 saturated heterocycles. The number of pyridine rings is 1. The Morgan fingerprint density at radius 1 is 1.12 bits per heavy atom. The Morgan fingerprint density at radius 3 is 2.65 bits per heavy atom. The maximum Gasteiger partial charge on any atom is 0.332 e. The smallest absolute Gasteiger partial charge is 0.304 e. The van der Waals surface area contributed by atoms with Crippen LogP contribution in [0.1, 0.15) is 5.69 Å². The molecule has 0 fully saturated rings. The van der Waals surface area contributed by atoms with E-state index in [2.05, 4.69) is 9.97 Å². The van der Waals surface area contributed by atoms with E-state index in [9.17, 15) is 4.79 Å². The number of benzene rings is 1. The van der Waals surface area contributed by atoms with E-state index in [-0.39, 0.29) is 5.69 Å². The minimum atomic E-state index is -0.163. The summed E-state index contributed by atoms with van der Waals surface area (Å²) in [6.07, 6.45) is 0. The highest BCUT2D eigenvalue weighted by atomic mass is 16.1. The number of hydrogen-bond acceptors (Lipinski definition) is 2. The monoisotopic (exact) mass is 225 g/mol. The topological polar surface area (TPSA) is 50.7 Å². The predicted molar refractivity (Wildman–Crippen MR) is 66.4 cm³/mol. The summed E-state index contributed by atoms with van der Waals surface area (Å²) >= 11 is 0. The van der Waals surface area contributed by atoms with Crippen molar-refractivity contribution < 1.29 is 0 Å². The molecule has 4 nitrogen and oxygen atoms in total. The highest BCUT2D eigenvalue weighted by Gasteiger charge is 2.09.